The number of carbonyl (C=O) groups excluding carboxylic acids is 2. The molecule has 0 aromatic heterocycles. The van der Waals surface area contributed by atoms with Crippen LogP contribution in [-0.4, -0.2) is 25.4 Å². The van der Waals surface area contributed by atoms with Gasteiger partial charge in [0.25, 0.3) is 0 Å². The second kappa shape index (κ2) is 5.87. The first-order chi connectivity index (χ1) is 7.63. The molecule has 0 aliphatic carbocycles. The van der Waals surface area contributed by atoms with Gasteiger partial charge in [-0.25, -0.2) is 0 Å². The number of rotatable bonds is 5. The second-order valence-corrected chi connectivity index (χ2v) is 3.38. The van der Waals surface area contributed by atoms with E-state index in [9.17, 15) is 9.59 Å². The Labute approximate surface area is 94.0 Å². The Kier molecular flexibility index (Phi) is 4.47. The maximum absolute atomic E-state index is 11.4. The molecule has 1 aromatic carbocycles. The highest BCUT2D eigenvalue weighted by atomic mass is 16.2. The van der Waals surface area contributed by atoms with E-state index in [2.05, 4.69) is 10.6 Å². The summed E-state index contributed by atoms with van der Waals surface area (Å²) in [5.41, 5.74) is 6.47. The maximum atomic E-state index is 11.4. The molecule has 1 rings (SSSR count). The van der Waals surface area contributed by atoms with Gasteiger partial charge in [0, 0.05) is 5.69 Å². The van der Waals surface area contributed by atoms with E-state index in [0.717, 1.165) is 5.56 Å². The molecule has 0 unspecified atom stereocenters. The fourth-order valence-electron chi connectivity index (χ4n) is 1.34. The van der Waals surface area contributed by atoms with E-state index in [0.29, 0.717) is 5.69 Å². The Balaban J connectivity index is 2.78. The summed E-state index contributed by atoms with van der Waals surface area (Å²) in [7, 11) is 1.69. The van der Waals surface area contributed by atoms with E-state index < -0.39 is 5.91 Å². The molecule has 0 saturated carbocycles. The average Bonchev–Trinajstić information content (AvgIpc) is 2.20. The molecule has 5 heteroatoms. The Morgan fingerprint density at radius 3 is 2.62 bits per heavy atom. The topological polar surface area (TPSA) is 84.2 Å². The van der Waals surface area contributed by atoms with Gasteiger partial charge in [-0.05, 0) is 18.7 Å². The zero-order valence-electron chi connectivity index (χ0n) is 9.12. The van der Waals surface area contributed by atoms with Crippen molar-refractivity contribution in [2.45, 2.75) is 6.42 Å². The molecule has 2 amide bonds. The molecule has 0 atom stereocenters. The number of amides is 2. The summed E-state index contributed by atoms with van der Waals surface area (Å²) in [6, 6.07) is 7.09. The zero-order valence-corrected chi connectivity index (χ0v) is 9.12. The van der Waals surface area contributed by atoms with Gasteiger partial charge in [-0.2, -0.15) is 0 Å². The molecule has 0 saturated heterocycles. The number of nitrogens with one attached hydrogen (secondary N) is 2. The second-order valence-electron chi connectivity index (χ2n) is 3.38. The first-order valence-electron chi connectivity index (χ1n) is 4.94. The number of benzene rings is 1. The van der Waals surface area contributed by atoms with Crippen molar-refractivity contribution < 1.29 is 9.59 Å². The van der Waals surface area contributed by atoms with Gasteiger partial charge in [0.05, 0.1) is 13.0 Å². The minimum Gasteiger partial charge on any atom is -0.369 e. The van der Waals surface area contributed by atoms with Crippen LogP contribution in [-0.2, 0) is 16.0 Å². The number of nitrogens with two attached hydrogens (primary N) is 1. The number of anilines is 1. The van der Waals surface area contributed by atoms with Gasteiger partial charge in [0.1, 0.15) is 0 Å². The molecule has 0 radical (unpaired) electrons. The first-order valence-corrected chi connectivity index (χ1v) is 4.94. The average molecular weight is 221 g/mol. The van der Waals surface area contributed by atoms with Gasteiger partial charge in [0.15, 0.2) is 0 Å². The summed E-state index contributed by atoms with van der Waals surface area (Å²) < 4.78 is 0. The van der Waals surface area contributed by atoms with Crippen LogP contribution in [0.25, 0.3) is 0 Å². The summed E-state index contributed by atoms with van der Waals surface area (Å²) in [5, 5.41) is 5.45. The summed E-state index contributed by atoms with van der Waals surface area (Å²) >= 11 is 0. The van der Waals surface area contributed by atoms with Crippen LogP contribution in [0.5, 0.6) is 0 Å². The molecule has 0 heterocycles. The molecule has 0 spiro atoms. The fourth-order valence-corrected chi connectivity index (χ4v) is 1.34. The lowest BCUT2D eigenvalue weighted by atomic mass is 10.1. The zero-order chi connectivity index (χ0) is 12.0. The van der Waals surface area contributed by atoms with Crippen LogP contribution < -0.4 is 16.4 Å². The lowest BCUT2D eigenvalue weighted by molar-refractivity contribution is -0.117. The number of likely N-dealkylation sites (N-methyl/N-ethyl adjacent to an activating group) is 1. The molecular formula is C11H15N3O2. The third-order valence-electron chi connectivity index (χ3n) is 1.99. The van der Waals surface area contributed by atoms with Gasteiger partial charge in [-0.3, -0.25) is 9.59 Å². The van der Waals surface area contributed by atoms with E-state index >= 15 is 0 Å². The molecule has 0 aliphatic rings. The van der Waals surface area contributed by atoms with Crippen molar-refractivity contribution in [3.05, 3.63) is 29.8 Å². The molecule has 5 nitrogen and oxygen atoms in total. The summed E-state index contributed by atoms with van der Waals surface area (Å²) in [5.74, 6) is -0.574. The van der Waals surface area contributed by atoms with Gasteiger partial charge >= 0.3 is 0 Å². The SMILES string of the molecule is CNCC(=O)Nc1ccccc1CC(N)=O. The Bertz CT molecular complexity index is 391. The van der Waals surface area contributed by atoms with E-state index in [1.165, 1.54) is 0 Å². The molecule has 4 N–H and O–H groups in total. The van der Waals surface area contributed by atoms with Crippen molar-refractivity contribution >= 4 is 17.5 Å². The normalized spacial score (nSPS) is 9.81. The number of para-hydroxylation sites is 1. The van der Waals surface area contributed by atoms with Crippen LogP contribution >= 0.6 is 0 Å². The van der Waals surface area contributed by atoms with Crippen LogP contribution in [0.3, 0.4) is 0 Å². The predicted octanol–water partition coefficient (Wildman–Crippen LogP) is -0.128. The van der Waals surface area contributed by atoms with E-state index in [1.807, 2.05) is 0 Å². The highest BCUT2D eigenvalue weighted by molar-refractivity contribution is 5.93. The molecule has 16 heavy (non-hydrogen) atoms. The molecule has 86 valence electrons. The summed E-state index contributed by atoms with van der Waals surface area (Å²) in [4.78, 5) is 22.2. The minimum atomic E-state index is -0.421. The summed E-state index contributed by atoms with van der Waals surface area (Å²) in [6.07, 6.45) is 0.121. The monoisotopic (exact) mass is 221 g/mol. The van der Waals surface area contributed by atoms with Crippen LogP contribution in [0.2, 0.25) is 0 Å². The fraction of sp³-hybridized carbons (Fsp3) is 0.273. The van der Waals surface area contributed by atoms with E-state index in [4.69, 9.17) is 5.73 Å². The largest absolute Gasteiger partial charge is 0.369 e. The van der Waals surface area contributed by atoms with E-state index in [1.54, 1.807) is 31.3 Å². The number of primary amides is 1. The van der Waals surface area contributed by atoms with Crippen molar-refractivity contribution in [2.24, 2.45) is 5.73 Å². The van der Waals surface area contributed by atoms with Crippen molar-refractivity contribution in [1.82, 2.24) is 5.32 Å². The number of hydrogen-bond acceptors (Lipinski definition) is 3. The third-order valence-corrected chi connectivity index (χ3v) is 1.99. The standard InChI is InChI=1S/C11H15N3O2/c1-13-7-11(16)14-9-5-3-2-4-8(9)6-10(12)15/h2-5,13H,6-7H2,1H3,(H2,12,15)(H,14,16). The van der Waals surface area contributed by atoms with E-state index in [-0.39, 0.29) is 18.9 Å². The quantitative estimate of drug-likeness (QED) is 0.647. The van der Waals surface area contributed by atoms with Crippen molar-refractivity contribution in [1.29, 1.82) is 0 Å². The minimum absolute atomic E-state index is 0.121. The number of hydrogen-bond donors (Lipinski definition) is 3. The van der Waals surface area contributed by atoms with Crippen LogP contribution in [0.4, 0.5) is 5.69 Å². The molecule has 0 bridgehead atoms. The van der Waals surface area contributed by atoms with Crippen molar-refractivity contribution in [3.63, 3.8) is 0 Å². The smallest absolute Gasteiger partial charge is 0.238 e. The highest BCUT2D eigenvalue weighted by Gasteiger charge is 2.07. The molecule has 1 aromatic rings. The Morgan fingerprint density at radius 2 is 2.00 bits per heavy atom. The van der Waals surface area contributed by atoms with Crippen LogP contribution in [0.1, 0.15) is 5.56 Å². The highest BCUT2D eigenvalue weighted by Crippen LogP contribution is 2.15. The predicted molar refractivity (Wildman–Crippen MR) is 61.9 cm³/mol. The van der Waals surface area contributed by atoms with Gasteiger partial charge in [0.2, 0.25) is 11.8 Å². The summed E-state index contributed by atoms with van der Waals surface area (Å²) in [6.45, 7) is 0.227. The van der Waals surface area contributed by atoms with Gasteiger partial charge in [-0.15, -0.1) is 0 Å². The van der Waals surface area contributed by atoms with Gasteiger partial charge in [-0.1, -0.05) is 18.2 Å². The van der Waals surface area contributed by atoms with Crippen LogP contribution in [0.15, 0.2) is 24.3 Å². The van der Waals surface area contributed by atoms with Crippen molar-refractivity contribution in [2.75, 3.05) is 18.9 Å². The Morgan fingerprint density at radius 1 is 1.31 bits per heavy atom. The van der Waals surface area contributed by atoms with Crippen molar-refractivity contribution in [3.8, 4) is 0 Å². The Hall–Kier alpha value is -1.88. The molecular weight excluding hydrogens is 206 g/mol. The van der Waals surface area contributed by atoms with Gasteiger partial charge < -0.3 is 16.4 Å². The third kappa shape index (κ3) is 3.70. The number of carbonyl (C=O) groups is 2. The first kappa shape index (κ1) is 12.2. The maximum Gasteiger partial charge on any atom is 0.238 e. The van der Waals surface area contributed by atoms with Crippen LogP contribution in [0, 0.1) is 0 Å². The lowest BCUT2D eigenvalue weighted by Gasteiger charge is -2.09. The molecule has 0 aliphatic heterocycles. The lowest BCUT2D eigenvalue weighted by Crippen LogP contribution is -2.26. The molecule has 0 fully saturated rings.